The summed E-state index contributed by atoms with van der Waals surface area (Å²) in [6, 6.07) is 11.0. The Morgan fingerprint density at radius 3 is 2.35 bits per heavy atom. The van der Waals surface area contributed by atoms with Gasteiger partial charge >= 0.3 is 0 Å². The van der Waals surface area contributed by atoms with Gasteiger partial charge in [0.15, 0.2) is 23.1 Å². The van der Waals surface area contributed by atoms with E-state index in [1.165, 1.54) is 13.2 Å². The van der Waals surface area contributed by atoms with Crippen molar-refractivity contribution >= 4 is 0 Å². The van der Waals surface area contributed by atoms with Crippen molar-refractivity contribution in [3.05, 3.63) is 53.3 Å². The van der Waals surface area contributed by atoms with E-state index in [1.807, 2.05) is 31.3 Å². The molecule has 1 aliphatic rings. The smallest absolute Gasteiger partial charge is 0.165 e. The topological polar surface area (TPSA) is 30.9 Å². The molecule has 23 heavy (non-hydrogen) atoms. The Kier molecular flexibility index (Phi) is 4.67. The van der Waals surface area contributed by atoms with Crippen LogP contribution in [-0.4, -0.2) is 32.3 Å². The van der Waals surface area contributed by atoms with E-state index in [2.05, 4.69) is 4.90 Å². The molecule has 0 bridgehead atoms. The predicted octanol–water partition coefficient (Wildman–Crippen LogP) is 3.24. The van der Waals surface area contributed by atoms with Crippen LogP contribution in [0.5, 0.6) is 17.2 Å². The Morgan fingerprint density at radius 2 is 1.65 bits per heavy atom. The van der Waals surface area contributed by atoms with Gasteiger partial charge in [0.25, 0.3) is 0 Å². The lowest BCUT2D eigenvalue weighted by atomic mass is 10.1. The summed E-state index contributed by atoms with van der Waals surface area (Å²) in [5.41, 5.74) is 2.04. The molecule has 0 radical (unpaired) electrons. The lowest BCUT2D eigenvalue weighted by Gasteiger charge is -2.21. The molecular weight excluding hydrogens is 297 g/mol. The Hall–Kier alpha value is -2.27. The Balaban J connectivity index is 1.65. The van der Waals surface area contributed by atoms with Gasteiger partial charge in [-0.2, -0.15) is 0 Å². The highest BCUT2D eigenvalue weighted by molar-refractivity contribution is 5.43. The summed E-state index contributed by atoms with van der Waals surface area (Å²) in [6.45, 7) is 2.56. The minimum atomic E-state index is -0.335. The van der Waals surface area contributed by atoms with E-state index in [-0.39, 0.29) is 11.6 Å². The number of ether oxygens (including phenoxy) is 3. The first kappa shape index (κ1) is 15.6. The maximum Gasteiger partial charge on any atom is 0.165 e. The number of benzene rings is 2. The molecule has 0 fully saturated rings. The summed E-state index contributed by atoms with van der Waals surface area (Å²) in [5, 5.41) is 0. The van der Waals surface area contributed by atoms with Crippen LogP contribution < -0.4 is 14.2 Å². The van der Waals surface area contributed by atoms with Crippen LogP contribution in [0, 0.1) is 5.82 Å². The summed E-state index contributed by atoms with van der Waals surface area (Å²) in [7, 11) is 3.46. The number of rotatable bonds is 5. The van der Waals surface area contributed by atoms with Crippen molar-refractivity contribution in [2.45, 2.75) is 13.1 Å². The first-order chi connectivity index (χ1) is 11.2. The maximum atomic E-state index is 13.7. The summed E-state index contributed by atoms with van der Waals surface area (Å²) in [5.74, 6) is 1.51. The van der Waals surface area contributed by atoms with Crippen molar-refractivity contribution in [2.24, 2.45) is 0 Å². The van der Waals surface area contributed by atoms with E-state index in [0.717, 1.165) is 29.2 Å². The molecule has 0 aliphatic carbocycles. The number of methoxy groups -OCH3 is 1. The molecule has 1 heterocycles. The van der Waals surface area contributed by atoms with Gasteiger partial charge in [-0.15, -0.1) is 0 Å². The van der Waals surface area contributed by atoms with Crippen molar-refractivity contribution < 1.29 is 18.6 Å². The molecule has 0 aromatic heterocycles. The van der Waals surface area contributed by atoms with E-state index in [9.17, 15) is 4.39 Å². The van der Waals surface area contributed by atoms with Gasteiger partial charge in [-0.3, -0.25) is 4.90 Å². The first-order valence-corrected chi connectivity index (χ1v) is 7.55. The fraction of sp³-hybridized carbons (Fsp3) is 0.333. The summed E-state index contributed by atoms with van der Waals surface area (Å²) < 4.78 is 29.8. The van der Waals surface area contributed by atoms with Crippen LogP contribution in [0.25, 0.3) is 0 Å². The van der Waals surface area contributed by atoms with E-state index in [1.54, 1.807) is 6.07 Å². The van der Waals surface area contributed by atoms with Crippen LogP contribution >= 0.6 is 0 Å². The highest BCUT2D eigenvalue weighted by atomic mass is 19.1. The quantitative estimate of drug-likeness (QED) is 0.847. The van der Waals surface area contributed by atoms with Crippen LogP contribution in [-0.2, 0) is 13.1 Å². The second-order valence-electron chi connectivity index (χ2n) is 5.62. The molecule has 5 heteroatoms. The van der Waals surface area contributed by atoms with Crippen molar-refractivity contribution in [3.8, 4) is 17.2 Å². The van der Waals surface area contributed by atoms with Crippen molar-refractivity contribution in [3.63, 3.8) is 0 Å². The normalized spacial score (nSPS) is 13.2. The van der Waals surface area contributed by atoms with Gasteiger partial charge in [0.1, 0.15) is 13.2 Å². The molecule has 2 aromatic rings. The van der Waals surface area contributed by atoms with Crippen molar-refractivity contribution in [1.29, 1.82) is 0 Å². The van der Waals surface area contributed by atoms with Crippen LogP contribution in [0.1, 0.15) is 11.1 Å². The molecule has 0 amide bonds. The molecular formula is C18H20FNO3. The minimum absolute atomic E-state index is 0.267. The van der Waals surface area contributed by atoms with Crippen LogP contribution in [0.4, 0.5) is 4.39 Å². The highest BCUT2D eigenvalue weighted by Gasteiger charge is 2.13. The van der Waals surface area contributed by atoms with Gasteiger partial charge in [-0.1, -0.05) is 12.1 Å². The van der Waals surface area contributed by atoms with Gasteiger partial charge in [0, 0.05) is 13.1 Å². The maximum absolute atomic E-state index is 13.7. The van der Waals surface area contributed by atoms with Crippen LogP contribution in [0.2, 0.25) is 0 Å². The van der Waals surface area contributed by atoms with Crippen LogP contribution in [0.3, 0.4) is 0 Å². The van der Waals surface area contributed by atoms with Gasteiger partial charge in [0.05, 0.1) is 7.11 Å². The fourth-order valence-corrected chi connectivity index (χ4v) is 2.67. The zero-order valence-corrected chi connectivity index (χ0v) is 13.3. The van der Waals surface area contributed by atoms with E-state index < -0.39 is 0 Å². The molecule has 0 atom stereocenters. The number of halogens is 1. The Morgan fingerprint density at radius 1 is 1.00 bits per heavy atom. The molecule has 1 aliphatic heterocycles. The fourth-order valence-electron chi connectivity index (χ4n) is 2.67. The van der Waals surface area contributed by atoms with E-state index in [4.69, 9.17) is 14.2 Å². The number of hydrogen-bond donors (Lipinski definition) is 0. The van der Waals surface area contributed by atoms with E-state index >= 15 is 0 Å². The largest absolute Gasteiger partial charge is 0.494 e. The average molecular weight is 317 g/mol. The first-order valence-electron chi connectivity index (χ1n) is 7.55. The van der Waals surface area contributed by atoms with Gasteiger partial charge in [0.2, 0.25) is 0 Å². The molecule has 0 saturated heterocycles. The van der Waals surface area contributed by atoms with Crippen LogP contribution in [0.15, 0.2) is 36.4 Å². The van der Waals surface area contributed by atoms with Crippen molar-refractivity contribution in [1.82, 2.24) is 4.90 Å². The monoisotopic (exact) mass is 317 g/mol. The zero-order chi connectivity index (χ0) is 16.2. The Bertz CT molecular complexity index is 690. The summed E-state index contributed by atoms with van der Waals surface area (Å²) >= 11 is 0. The number of fused-ring (bicyclic) bond motifs is 1. The molecule has 3 rings (SSSR count). The molecule has 2 aromatic carbocycles. The molecule has 4 nitrogen and oxygen atoms in total. The SMILES string of the molecule is COc1ccc(CN(C)Cc2ccc3c(c2)OCCO3)cc1F. The third-order valence-electron chi connectivity index (χ3n) is 3.73. The van der Waals surface area contributed by atoms with E-state index in [0.29, 0.717) is 19.8 Å². The number of nitrogens with zero attached hydrogens (tertiary/aromatic N) is 1. The second kappa shape index (κ2) is 6.87. The molecule has 122 valence electrons. The molecule has 0 N–H and O–H groups in total. The third-order valence-corrected chi connectivity index (χ3v) is 3.73. The molecule has 0 spiro atoms. The lowest BCUT2D eigenvalue weighted by molar-refractivity contribution is 0.171. The average Bonchev–Trinajstić information content (AvgIpc) is 2.55. The summed E-state index contributed by atoms with van der Waals surface area (Å²) in [4.78, 5) is 2.12. The molecule has 0 unspecified atom stereocenters. The minimum Gasteiger partial charge on any atom is -0.494 e. The lowest BCUT2D eigenvalue weighted by Crippen LogP contribution is -2.18. The van der Waals surface area contributed by atoms with Gasteiger partial charge in [-0.05, 0) is 42.4 Å². The van der Waals surface area contributed by atoms with Crippen molar-refractivity contribution in [2.75, 3.05) is 27.4 Å². The van der Waals surface area contributed by atoms with Gasteiger partial charge < -0.3 is 14.2 Å². The number of hydrogen-bond acceptors (Lipinski definition) is 4. The summed E-state index contributed by atoms with van der Waals surface area (Å²) in [6.07, 6.45) is 0. The van der Waals surface area contributed by atoms with Gasteiger partial charge in [-0.25, -0.2) is 4.39 Å². The highest BCUT2D eigenvalue weighted by Crippen LogP contribution is 2.31. The Labute approximate surface area is 135 Å². The predicted molar refractivity (Wildman–Crippen MR) is 85.6 cm³/mol. The molecule has 0 saturated carbocycles. The second-order valence-corrected chi connectivity index (χ2v) is 5.62. The zero-order valence-electron chi connectivity index (χ0n) is 13.3. The standard InChI is InChI=1S/C18H20FNO3/c1-20(11-13-3-5-16(21-2)15(19)9-13)12-14-4-6-17-18(10-14)23-8-7-22-17/h3-6,9-10H,7-8,11-12H2,1-2H3. The third kappa shape index (κ3) is 3.74.